The van der Waals surface area contributed by atoms with Crippen molar-refractivity contribution >= 4 is 0 Å². The van der Waals surface area contributed by atoms with Crippen LogP contribution in [0, 0.1) is 5.82 Å². The van der Waals surface area contributed by atoms with Gasteiger partial charge in [-0.15, -0.1) is 0 Å². The van der Waals surface area contributed by atoms with E-state index in [1.807, 2.05) is 24.5 Å². The minimum atomic E-state index is -0.147. The van der Waals surface area contributed by atoms with Gasteiger partial charge >= 0.3 is 0 Å². The topological polar surface area (TPSA) is 25.8 Å². The molecule has 2 rings (SSSR count). The van der Waals surface area contributed by atoms with Gasteiger partial charge in [-0.3, -0.25) is 0 Å². The average molecular weight is 343 g/mol. The molecule has 0 aliphatic rings. The van der Waals surface area contributed by atoms with E-state index in [-0.39, 0.29) is 5.82 Å². The third kappa shape index (κ3) is 6.56. The molecule has 3 heteroatoms. The van der Waals surface area contributed by atoms with E-state index >= 15 is 0 Å². The second kappa shape index (κ2) is 11.0. The molecular formula is C22H31FN2. The Morgan fingerprint density at radius 2 is 1.48 bits per heavy atom. The fourth-order valence-corrected chi connectivity index (χ4v) is 3.00. The van der Waals surface area contributed by atoms with Crippen LogP contribution in [0.2, 0.25) is 0 Å². The van der Waals surface area contributed by atoms with Crippen molar-refractivity contribution in [3.8, 4) is 11.4 Å². The van der Waals surface area contributed by atoms with Crippen LogP contribution in [-0.2, 0) is 12.8 Å². The Morgan fingerprint density at radius 1 is 0.800 bits per heavy atom. The molecule has 0 unspecified atom stereocenters. The highest BCUT2D eigenvalue weighted by Gasteiger charge is 2.07. The fraction of sp³-hybridized carbons (Fsp3) is 0.545. The molecule has 136 valence electrons. The lowest BCUT2D eigenvalue weighted by molar-refractivity contribution is 0.603. The van der Waals surface area contributed by atoms with Crippen molar-refractivity contribution < 1.29 is 4.39 Å². The van der Waals surface area contributed by atoms with Gasteiger partial charge in [-0.1, -0.05) is 64.5 Å². The van der Waals surface area contributed by atoms with E-state index < -0.39 is 0 Å². The Balaban J connectivity index is 1.88. The minimum Gasteiger partial charge on any atom is -0.236 e. The summed E-state index contributed by atoms with van der Waals surface area (Å²) in [4.78, 5) is 8.86. The number of aryl methyl sites for hydroxylation is 2. The molecule has 0 bridgehead atoms. The molecule has 0 fully saturated rings. The molecule has 0 aliphatic carbocycles. The molecule has 1 aromatic carbocycles. The Kier molecular flexibility index (Phi) is 8.58. The van der Waals surface area contributed by atoms with Crippen LogP contribution >= 0.6 is 0 Å². The zero-order valence-electron chi connectivity index (χ0n) is 15.7. The largest absolute Gasteiger partial charge is 0.236 e. The quantitative estimate of drug-likeness (QED) is 0.434. The van der Waals surface area contributed by atoms with Crippen molar-refractivity contribution in [2.24, 2.45) is 0 Å². The summed E-state index contributed by atoms with van der Waals surface area (Å²) in [6, 6.07) is 5.36. The van der Waals surface area contributed by atoms with Crippen molar-refractivity contribution in [3.63, 3.8) is 0 Å². The van der Waals surface area contributed by atoms with Crippen LogP contribution in [0.15, 0.2) is 30.6 Å². The van der Waals surface area contributed by atoms with E-state index in [0.29, 0.717) is 5.82 Å². The zero-order chi connectivity index (χ0) is 17.9. The second-order valence-electron chi connectivity index (χ2n) is 6.84. The number of unbranched alkanes of at least 4 members (excludes halogenated alkanes) is 6. The highest BCUT2D eigenvalue weighted by molar-refractivity contribution is 5.55. The summed E-state index contributed by atoms with van der Waals surface area (Å²) in [6.07, 6.45) is 15.4. The average Bonchev–Trinajstić information content (AvgIpc) is 2.64. The van der Waals surface area contributed by atoms with E-state index in [4.69, 9.17) is 0 Å². The summed E-state index contributed by atoms with van der Waals surface area (Å²) in [5.74, 6) is 0.457. The molecule has 2 nitrogen and oxygen atoms in total. The lowest BCUT2D eigenvalue weighted by Gasteiger charge is -2.06. The number of aromatic nitrogens is 2. The normalized spacial score (nSPS) is 11.0. The maximum absolute atomic E-state index is 14.2. The number of hydrogen-bond acceptors (Lipinski definition) is 2. The SMILES string of the molecule is CCCCCCCCc1cnc(-c2ccc(CCCC)c(F)c2)nc1. The number of halogens is 1. The van der Waals surface area contributed by atoms with Crippen molar-refractivity contribution in [2.45, 2.75) is 78.1 Å². The number of benzene rings is 1. The summed E-state index contributed by atoms with van der Waals surface area (Å²) in [7, 11) is 0. The van der Waals surface area contributed by atoms with Crippen molar-refractivity contribution in [1.82, 2.24) is 9.97 Å². The van der Waals surface area contributed by atoms with Gasteiger partial charge in [0.25, 0.3) is 0 Å². The zero-order valence-corrected chi connectivity index (χ0v) is 15.7. The summed E-state index contributed by atoms with van der Waals surface area (Å²) >= 11 is 0. The van der Waals surface area contributed by atoms with Gasteiger partial charge in [0.2, 0.25) is 0 Å². The molecule has 1 heterocycles. The molecular weight excluding hydrogens is 311 g/mol. The van der Waals surface area contributed by atoms with Gasteiger partial charge < -0.3 is 0 Å². The molecule has 2 aromatic rings. The standard InChI is InChI=1S/C22H31FN2/c1-3-5-7-8-9-10-11-18-16-24-22(25-17-18)20-14-13-19(12-6-4-2)21(23)15-20/h13-17H,3-12H2,1-2H3. The third-order valence-corrected chi connectivity index (χ3v) is 4.64. The molecule has 0 aliphatic heterocycles. The smallest absolute Gasteiger partial charge is 0.159 e. The Bertz CT molecular complexity index is 622. The molecule has 0 radical (unpaired) electrons. The summed E-state index contributed by atoms with van der Waals surface area (Å²) in [6.45, 7) is 4.36. The fourth-order valence-electron chi connectivity index (χ4n) is 3.00. The lowest BCUT2D eigenvalue weighted by atomic mass is 10.0. The Labute approximate surface area is 151 Å². The van der Waals surface area contributed by atoms with Crippen LogP contribution < -0.4 is 0 Å². The van der Waals surface area contributed by atoms with Crippen molar-refractivity contribution in [3.05, 3.63) is 47.5 Å². The number of rotatable bonds is 11. The summed E-state index contributed by atoms with van der Waals surface area (Å²) < 4.78 is 14.2. The highest BCUT2D eigenvalue weighted by atomic mass is 19.1. The molecule has 0 N–H and O–H groups in total. The van der Waals surface area contributed by atoms with Crippen LogP contribution in [0.4, 0.5) is 4.39 Å². The molecule has 25 heavy (non-hydrogen) atoms. The second-order valence-corrected chi connectivity index (χ2v) is 6.84. The predicted octanol–water partition coefficient (Wildman–Crippen LogP) is 6.53. The van der Waals surface area contributed by atoms with E-state index in [0.717, 1.165) is 36.8 Å². The van der Waals surface area contributed by atoms with Crippen molar-refractivity contribution in [2.75, 3.05) is 0 Å². The molecule has 1 aromatic heterocycles. The van der Waals surface area contributed by atoms with Gasteiger partial charge in [-0.05, 0) is 42.9 Å². The summed E-state index contributed by atoms with van der Waals surface area (Å²) in [5, 5.41) is 0. The minimum absolute atomic E-state index is 0.147. The van der Waals surface area contributed by atoms with E-state index in [2.05, 4.69) is 23.8 Å². The van der Waals surface area contributed by atoms with Crippen LogP contribution in [0.3, 0.4) is 0 Å². The molecule has 0 saturated carbocycles. The molecule has 0 saturated heterocycles. The maximum Gasteiger partial charge on any atom is 0.159 e. The first-order chi connectivity index (χ1) is 12.2. The van der Waals surface area contributed by atoms with Crippen LogP contribution in [0.25, 0.3) is 11.4 Å². The monoisotopic (exact) mass is 342 g/mol. The first-order valence-electron chi connectivity index (χ1n) is 9.84. The number of nitrogens with zero attached hydrogens (tertiary/aromatic N) is 2. The van der Waals surface area contributed by atoms with Gasteiger partial charge in [0.05, 0.1) is 0 Å². The van der Waals surface area contributed by atoms with Gasteiger partial charge in [-0.25, -0.2) is 14.4 Å². The van der Waals surface area contributed by atoms with Gasteiger partial charge in [-0.2, -0.15) is 0 Å². The maximum atomic E-state index is 14.2. The summed E-state index contributed by atoms with van der Waals surface area (Å²) in [5.41, 5.74) is 2.70. The van der Waals surface area contributed by atoms with Crippen LogP contribution in [0.1, 0.15) is 76.3 Å². The number of hydrogen-bond donors (Lipinski definition) is 0. The molecule has 0 atom stereocenters. The van der Waals surface area contributed by atoms with E-state index in [1.54, 1.807) is 6.07 Å². The lowest BCUT2D eigenvalue weighted by Crippen LogP contribution is -1.96. The highest BCUT2D eigenvalue weighted by Crippen LogP contribution is 2.20. The first-order valence-corrected chi connectivity index (χ1v) is 9.84. The molecule has 0 spiro atoms. The Morgan fingerprint density at radius 3 is 2.16 bits per heavy atom. The van der Waals surface area contributed by atoms with Gasteiger partial charge in [0.1, 0.15) is 5.82 Å². The van der Waals surface area contributed by atoms with E-state index in [9.17, 15) is 4.39 Å². The van der Waals surface area contributed by atoms with Gasteiger partial charge in [0.15, 0.2) is 5.82 Å². The predicted molar refractivity (Wildman–Crippen MR) is 103 cm³/mol. The van der Waals surface area contributed by atoms with E-state index in [1.165, 1.54) is 44.1 Å². The Hall–Kier alpha value is -1.77. The molecule has 0 amide bonds. The van der Waals surface area contributed by atoms with Crippen LogP contribution in [0.5, 0.6) is 0 Å². The first kappa shape index (κ1) is 19.6. The van der Waals surface area contributed by atoms with Crippen LogP contribution in [-0.4, -0.2) is 9.97 Å². The van der Waals surface area contributed by atoms with Crippen molar-refractivity contribution in [1.29, 1.82) is 0 Å². The third-order valence-electron chi connectivity index (χ3n) is 4.64. The van der Waals surface area contributed by atoms with Gasteiger partial charge in [0, 0.05) is 18.0 Å².